The molecule has 3 heteroatoms. The first-order valence-corrected chi connectivity index (χ1v) is 3.51. The van der Waals surface area contributed by atoms with Crippen molar-refractivity contribution in [2.24, 2.45) is 0 Å². The highest BCUT2D eigenvalue weighted by atomic mass is 19.1. The highest BCUT2D eigenvalue weighted by Crippen LogP contribution is 2.33. The van der Waals surface area contributed by atoms with Crippen LogP contribution in [-0.4, -0.2) is 11.6 Å². The van der Waals surface area contributed by atoms with E-state index < -0.39 is 11.6 Å². The molecule has 0 amide bonds. The molecular formula is C8H11FO2. The number of hydrogen-bond acceptors (Lipinski definition) is 2. The first kappa shape index (κ1) is 8.24. The summed E-state index contributed by atoms with van der Waals surface area (Å²) >= 11 is 0. The molecule has 0 aliphatic heterocycles. The molecular weight excluding hydrogens is 147 g/mol. The molecule has 0 N–H and O–H groups in total. The normalized spacial score (nSPS) is 16.7. The lowest BCUT2D eigenvalue weighted by molar-refractivity contribution is -0.149. The van der Waals surface area contributed by atoms with E-state index in [1.165, 1.54) is 0 Å². The molecule has 0 aromatic heterocycles. The summed E-state index contributed by atoms with van der Waals surface area (Å²) in [4.78, 5) is 10.9. The molecule has 0 unspecified atom stereocenters. The van der Waals surface area contributed by atoms with E-state index in [2.05, 4.69) is 0 Å². The zero-order chi connectivity index (χ0) is 8.65. The predicted octanol–water partition coefficient (Wildman–Crippen LogP) is 1.96. The average molecular weight is 158 g/mol. The maximum absolute atomic E-state index is 12.2. The van der Waals surface area contributed by atoms with Gasteiger partial charge in [0.1, 0.15) is 11.4 Å². The second kappa shape index (κ2) is 2.32. The molecule has 0 spiro atoms. The molecule has 1 aliphatic carbocycles. The number of esters is 1. The summed E-state index contributed by atoms with van der Waals surface area (Å²) in [5, 5.41) is 0. The Labute approximate surface area is 65.0 Å². The summed E-state index contributed by atoms with van der Waals surface area (Å²) < 4.78 is 17.1. The summed E-state index contributed by atoms with van der Waals surface area (Å²) in [6, 6.07) is 0. The van der Waals surface area contributed by atoms with Crippen molar-refractivity contribution in [2.45, 2.75) is 32.8 Å². The number of ether oxygens (including phenoxy) is 1. The van der Waals surface area contributed by atoms with E-state index in [-0.39, 0.29) is 17.8 Å². The molecule has 1 aliphatic rings. The van der Waals surface area contributed by atoms with Crippen LogP contribution < -0.4 is 0 Å². The van der Waals surface area contributed by atoms with Gasteiger partial charge in [0.2, 0.25) is 0 Å². The minimum absolute atomic E-state index is 0.176. The zero-order valence-corrected chi connectivity index (χ0v) is 6.90. The van der Waals surface area contributed by atoms with Crippen LogP contribution in [0.5, 0.6) is 0 Å². The van der Waals surface area contributed by atoms with Gasteiger partial charge in [-0.15, -0.1) is 0 Å². The van der Waals surface area contributed by atoms with Gasteiger partial charge in [-0.2, -0.15) is 0 Å². The van der Waals surface area contributed by atoms with Gasteiger partial charge in [0.15, 0.2) is 0 Å². The zero-order valence-electron chi connectivity index (χ0n) is 6.90. The van der Waals surface area contributed by atoms with Gasteiger partial charge in [0, 0.05) is 6.42 Å². The van der Waals surface area contributed by atoms with Crippen molar-refractivity contribution in [3.8, 4) is 0 Å². The van der Waals surface area contributed by atoms with E-state index in [1.54, 1.807) is 20.8 Å². The first-order chi connectivity index (χ1) is 4.90. The van der Waals surface area contributed by atoms with Gasteiger partial charge < -0.3 is 4.74 Å². The summed E-state index contributed by atoms with van der Waals surface area (Å²) in [7, 11) is 0. The fourth-order valence-electron chi connectivity index (χ4n) is 0.634. The standard InChI is InChI=1S/C8H11FO2/c1-8(2,3)11-7(10)5-4-6(5)9/h4H2,1-3H3. The van der Waals surface area contributed by atoms with Gasteiger partial charge in [0.05, 0.1) is 5.57 Å². The maximum Gasteiger partial charge on any atom is 0.337 e. The molecule has 0 aromatic carbocycles. The van der Waals surface area contributed by atoms with Crippen molar-refractivity contribution in [1.82, 2.24) is 0 Å². The third-order valence-corrected chi connectivity index (χ3v) is 1.18. The molecule has 1 rings (SSSR count). The third kappa shape index (κ3) is 2.33. The van der Waals surface area contributed by atoms with Crippen molar-refractivity contribution >= 4 is 5.97 Å². The Bertz CT molecular complexity index is 223. The van der Waals surface area contributed by atoms with Gasteiger partial charge in [-0.05, 0) is 20.8 Å². The van der Waals surface area contributed by atoms with Gasteiger partial charge in [0.25, 0.3) is 0 Å². The Morgan fingerprint density at radius 1 is 1.55 bits per heavy atom. The molecule has 0 aromatic rings. The van der Waals surface area contributed by atoms with Gasteiger partial charge in [-0.3, -0.25) is 0 Å². The summed E-state index contributed by atoms with van der Waals surface area (Å²) in [5.41, 5.74) is -0.327. The largest absolute Gasteiger partial charge is 0.457 e. The highest BCUT2D eigenvalue weighted by Gasteiger charge is 2.32. The lowest BCUT2D eigenvalue weighted by Crippen LogP contribution is -2.23. The molecule has 0 saturated heterocycles. The number of hydrogen-bond donors (Lipinski definition) is 0. The highest BCUT2D eigenvalue weighted by molar-refractivity contribution is 5.94. The van der Waals surface area contributed by atoms with Crippen molar-refractivity contribution in [3.63, 3.8) is 0 Å². The van der Waals surface area contributed by atoms with Crippen LogP contribution >= 0.6 is 0 Å². The van der Waals surface area contributed by atoms with Crippen LogP contribution in [0.1, 0.15) is 27.2 Å². The Morgan fingerprint density at radius 3 is 2.27 bits per heavy atom. The van der Waals surface area contributed by atoms with Gasteiger partial charge in [-0.25, -0.2) is 9.18 Å². The smallest absolute Gasteiger partial charge is 0.337 e. The SMILES string of the molecule is CC(C)(C)OC(=O)C1=C(F)C1. The summed E-state index contributed by atoms with van der Waals surface area (Å²) in [6.07, 6.45) is 0.176. The Balaban J connectivity index is 2.46. The molecule has 0 bridgehead atoms. The van der Waals surface area contributed by atoms with Crippen molar-refractivity contribution in [3.05, 3.63) is 11.4 Å². The van der Waals surface area contributed by atoms with Crippen LogP contribution in [0.2, 0.25) is 0 Å². The Morgan fingerprint density at radius 2 is 2.00 bits per heavy atom. The predicted molar refractivity (Wildman–Crippen MR) is 38.6 cm³/mol. The minimum Gasteiger partial charge on any atom is -0.457 e. The molecule has 62 valence electrons. The monoisotopic (exact) mass is 158 g/mol. The van der Waals surface area contributed by atoms with Crippen LogP contribution in [0.4, 0.5) is 4.39 Å². The van der Waals surface area contributed by atoms with Gasteiger partial charge in [-0.1, -0.05) is 0 Å². The van der Waals surface area contributed by atoms with E-state index >= 15 is 0 Å². The van der Waals surface area contributed by atoms with Crippen molar-refractivity contribution in [2.75, 3.05) is 0 Å². The lowest BCUT2D eigenvalue weighted by Gasteiger charge is -2.18. The number of rotatable bonds is 1. The topological polar surface area (TPSA) is 26.3 Å². The van der Waals surface area contributed by atoms with E-state index in [0.717, 1.165) is 0 Å². The fourth-order valence-corrected chi connectivity index (χ4v) is 0.634. The number of halogens is 1. The molecule has 0 heterocycles. The number of allylic oxidation sites excluding steroid dienone is 1. The van der Waals surface area contributed by atoms with Crippen LogP contribution in [0.3, 0.4) is 0 Å². The van der Waals surface area contributed by atoms with E-state index in [9.17, 15) is 9.18 Å². The van der Waals surface area contributed by atoms with E-state index in [0.29, 0.717) is 0 Å². The third-order valence-electron chi connectivity index (χ3n) is 1.18. The van der Waals surface area contributed by atoms with Crippen LogP contribution in [-0.2, 0) is 9.53 Å². The molecule has 2 nitrogen and oxygen atoms in total. The molecule has 0 atom stereocenters. The van der Waals surface area contributed by atoms with Gasteiger partial charge >= 0.3 is 5.97 Å². The number of carbonyl (C=O) groups is 1. The summed E-state index contributed by atoms with van der Waals surface area (Å²) in [5.74, 6) is -0.853. The molecule has 0 saturated carbocycles. The van der Waals surface area contributed by atoms with Crippen molar-refractivity contribution in [1.29, 1.82) is 0 Å². The Hall–Kier alpha value is -0.860. The fraction of sp³-hybridized carbons (Fsp3) is 0.625. The second-order valence-corrected chi connectivity index (χ2v) is 3.56. The first-order valence-electron chi connectivity index (χ1n) is 3.51. The van der Waals surface area contributed by atoms with Crippen LogP contribution in [0, 0.1) is 0 Å². The quantitative estimate of drug-likeness (QED) is 0.545. The second-order valence-electron chi connectivity index (χ2n) is 3.56. The Kier molecular flexibility index (Phi) is 1.74. The number of carbonyl (C=O) groups excluding carboxylic acids is 1. The van der Waals surface area contributed by atoms with Crippen LogP contribution in [0.15, 0.2) is 11.4 Å². The molecule has 11 heavy (non-hydrogen) atoms. The van der Waals surface area contributed by atoms with E-state index in [1.807, 2.05) is 0 Å². The summed E-state index contributed by atoms with van der Waals surface area (Å²) in [6.45, 7) is 5.27. The minimum atomic E-state index is -0.521. The lowest BCUT2D eigenvalue weighted by atomic mass is 10.2. The van der Waals surface area contributed by atoms with E-state index in [4.69, 9.17) is 4.74 Å². The molecule has 0 radical (unpaired) electrons. The van der Waals surface area contributed by atoms with Crippen LogP contribution in [0.25, 0.3) is 0 Å². The molecule has 0 fully saturated rings. The van der Waals surface area contributed by atoms with Crippen molar-refractivity contribution < 1.29 is 13.9 Å². The average Bonchev–Trinajstić information content (AvgIpc) is 2.41. The maximum atomic E-state index is 12.2.